The van der Waals surface area contributed by atoms with Crippen molar-refractivity contribution < 1.29 is 29.3 Å². The number of carbonyl (C=O) groups excluding carboxylic acids is 3. The van der Waals surface area contributed by atoms with Crippen molar-refractivity contribution in [1.29, 1.82) is 0 Å². The molecule has 0 saturated carbocycles. The number of anilines is 1. The van der Waals surface area contributed by atoms with Gasteiger partial charge in [-0.25, -0.2) is 4.79 Å². The molecular formula is C31H33N3O6. The molecule has 0 aromatic heterocycles. The molecule has 2 atom stereocenters. The predicted octanol–water partition coefficient (Wildman–Crippen LogP) is 4.64. The number of hydrogen-bond acceptors (Lipinski definition) is 6. The maximum atomic E-state index is 14.0. The average molecular weight is 544 g/mol. The van der Waals surface area contributed by atoms with E-state index < -0.39 is 35.6 Å². The number of nitrogens with one attached hydrogen (secondary N) is 2. The van der Waals surface area contributed by atoms with Crippen LogP contribution in [0.4, 0.5) is 10.5 Å². The molecule has 0 aliphatic rings. The van der Waals surface area contributed by atoms with Gasteiger partial charge in [0.2, 0.25) is 0 Å². The number of phenolic OH excluding ortho intramolecular Hbond substituents is 2. The predicted molar refractivity (Wildman–Crippen MR) is 151 cm³/mol. The molecule has 0 saturated heterocycles. The van der Waals surface area contributed by atoms with Gasteiger partial charge in [-0.1, -0.05) is 55.0 Å². The molecule has 0 radical (unpaired) electrons. The van der Waals surface area contributed by atoms with E-state index in [4.69, 9.17) is 11.2 Å². The fourth-order valence-corrected chi connectivity index (χ4v) is 3.98. The minimum atomic E-state index is -1.44. The van der Waals surface area contributed by atoms with Crippen LogP contribution in [0.5, 0.6) is 11.5 Å². The molecular weight excluding hydrogens is 510 g/mol. The Morgan fingerprint density at radius 3 is 2.20 bits per heavy atom. The number of alkyl carbamates (subject to hydrolysis) is 1. The highest BCUT2D eigenvalue weighted by molar-refractivity contribution is 6.00. The molecule has 0 bridgehead atoms. The largest absolute Gasteiger partial charge is 0.508 e. The first-order chi connectivity index (χ1) is 18.9. The number of aryl methyl sites for hydroxylation is 1. The second-order valence-corrected chi connectivity index (χ2v) is 10.2. The third kappa shape index (κ3) is 7.77. The number of amides is 3. The minimum Gasteiger partial charge on any atom is -0.508 e. The number of para-hydroxylation sites is 2. The quantitative estimate of drug-likeness (QED) is 0.242. The number of ether oxygens (including phenoxy) is 1. The lowest BCUT2D eigenvalue weighted by Gasteiger charge is -2.31. The normalized spacial score (nSPS) is 12.4. The van der Waals surface area contributed by atoms with Gasteiger partial charge in [0.05, 0.1) is 0 Å². The van der Waals surface area contributed by atoms with Crippen LogP contribution in [0.1, 0.15) is 43.5 Å². The third-order valence-corrected chi connectivity index (χ3v) is 5.88. The fraction of sp³-hybridized carbons (Fsp3) is 0.258. The van der Waals surface area contributed by atoms with E-state index >= 15 is 0 Å². The van der Waals surface area contributed by atoms with Gasteiger partial charge in [-0.15, -0.1) is 0 Å². The van der Waals surface area contributed by atoms with Crippen LogP contribution in [0.15, 0.2) is 72.8 Å². The van der Waals surface area contributed by atoms with Crippen molar-refractivity contribution in [1.82, 2.24) is 10.2 Å². The van der Waals surface area contributed by atoms with E-state index in [2.05, 4.69) is 16.7 Å². The van der Waals surface area contributed by atoms with E-state index in [0.717, 1.165) is 10.5 Å². The lowest BCUT2D eigenvalue weighted by Crippen LogP contribution is -2.51. The van der Waals surface area contributed by atoms with E-state index in [-0.39, 0.29) is 23.5 Å². The van der Waals surface area contributed by atoms with Crippen LogP contribution in [-0.4, -0.2) is 44.7 Å². The number of rotatable bonds is 8. The van der Waals surface area contributed by atoms with Gasteiger partial charge in [0.15, 0.2) is 6.04 Å². The van der Waals surface area contributed by atoms with Gasteiger partial charge < -0.3 is 25.6 Å². The topological polar surface area (TPSA) is 128 Å². The Kier molecular flexibility index (Phi) is 9.41. The summed E-state index contributed by atoms with van der Waals surface area (Å²) in [5.74, 6) is -1.66. The zero-order valence-electron chi connectivity index (χ0n) is 22.8. The van der Waals surface area contributed by atoms with E-state index in [1.807, 2.05) is 19.1 Å². The monoisotopic (exact) mass is 543 g/mol. The van der Waals surface area contributed by atoms with E-state index in [1.165, 1.54) is 24.3 Å². The van der Waals surface area contributed by atoms with Crippen LogP contribution in [0.3, 0.4) is 0 Å². The van der Waals surface area contributed by atoms with Crippen molar-refractivity contribution in [3.8, 4) is 24.0 Å². The summed E-state index contributed by atoms with van der Waals surface area (Å²) in [6, 6.07) is 18.8. The molecule has 3 rings (SSSR count). The summed E-state index contributed by atoms with van der Waals surface area (Å²) in [7, 11) is 0. The van der Waals surface area contributed by atoms with Crippen molar-refractivity contribution in [2.24, 2.45) is 0 Å². The summed E-state index contributed by atoms with van der Waals surface area (Å²) in [6.07, 6.45) is 4.94. The molecule has 0 fully saturated rings. The van der Waals surface area contributed by atoms with E-state index in [9.17, 15) is 24.6 Å². The van der Waals surface area contributed by atoms with Gasteiger partial charge in [0.25, 0.3) is 11.8 Å². The Morgan fingerprint density at radius 1 is 0.975 bits per heavy atom. The summed E-state index contributed by atoms with van der Waals surface area (Å²) < 4.78 is 5.36. The second-order valence-electron chi connectivity index (χ2n) is 10.2. The lowest BCUT2D eigenvalue weighted by atomic mass is 10.00. The third-order valence-electron chi connectivity index (χ3n) is 5.88. The Bertz CT molecular complexity index is 1410. The molecule has 0 aliphatic heterocycles. The van der Waals surface area contributed by atoms with Gasteiger partial charge >= 0.3 is 6.09 Å². The number of nitrogens with zero attached hydrogens (tertiary/aromatic N) is 1. The van der Waals surface area contributed by atoms with Crippen LogP contribution >= 0.6 is 0 Å². The first kappa shape index (κ1) is 29.6. The first-order valence-corrected chi connectivity index (χ1v) is 12.6. The molecule has 3 aromatic carbocycles. The van der Waals surface area contributed by atoms with Crippen LogP contribution < -0.4 is 10.6 Å². The number of terminal acetylenes is 1. The standard InChI is InChI=1S/C31H33N3O6/c1-6-34(27(23-12-8-10-14-26(23)36)28(37)32-24-13-9-7-11-20(24)2)29(38)25(33-30(39)40-31(3,4)5)19-21-15-17-22(35)18-16-21/h1,7-18,25,27,35-36H,19H2,2-5H3,(H,32,37)(H,33,39). The van der Waals surface area contributed by atoms with Crippen molar-refractivity contribution in [2.75, 3.05) is 5.32 Å². The van der Waals surface area contributed by atoms with E-state index in [0.29, 0.717) is 11.3 Å². The zero-order chi connectivity index (χ0) is 29.4. The van der Waals surface area contributed by atoms with Crippen molar-refractivity contribution in [2.45, 2.75) is 51.8 Å². The van der Waals surface area contributed by atoms with Gasteiger partial charge in [-0.3, -0.25) is 14.5 Å². The summed E-state index contributed by atoms with van der Waals surface area (Å²) in [5, 5.41) is 25.7. The van der Waals surface area contributed by atoms with Crippen LogP contribution in [0.2, 0.25) is 0 Å². The first-order valence-electron chi connectivity index (χ1n) is 12.6. The molecule has 0 spiro atoms. The van der Waals surface area contributed by atoms with Gasteiger partial charge in [0, 0.05) is 23.7 Å². The van der Waals surface area contributed by atoms with Gasteiger partial charge in [-0.2, -0.15) is 0 Å². The van der Waals surface area contributed by atoms with Crippen molar-refractivity contribution in [3.05, 3.63) is 89.5 Å². The minimum absolute atomic E-state index is 0.0244. The molecule has 3 aromatic rings. The summed E-state index contributed by atoms with van der Waals surface area (Å²) in [4.78, 5) is 41.3. The highest BCUT2D eigenvalue weighted by Crippen LogP contribution is 2.31. The van der Waals surface area contributed by atoms with E-state index in [1.54, 1.807) is 57.2 Å². The molecule has 40 heavy (non-hydrogen) atoms. The second kappa shape index (κ2) is 12.7. The number of hydrogen-bond donors (Lipinski definition) is 4. The maximum absolute atomic E-state index is 14.0. The van der Waals surface area contributed by atoms with Crippen LogP contribution in [-0.2, 0) is 20.7 Å². The SMILES string of the molecule is C#CN(C(=O)C(Cc1ccc(O)cc1)NC(=O)OC(C)(C)C)C(C(=O)Nc1ccccc1C)c1ccccc1O. The maximum Gasteiger partial charge on any atom is 0.408 e. The smallest absolute Gasteiger partial charge is 0.408 e. The molecule has 0 heterocycles. The summed E-state index contributed by atoms with van der Waals surface area (Å²) in [5.41, 5.74) is 1.15. The summed E-state index contributed by atoms with van der Waals surface area (Å²) >= 11 is 0. The van der Waals surface area contributed by atoms with Gasteiger partial charge in [0.1, 0.15) is 23.1 Å². The van der Waals surface area contributed by atoms with Crippen molar-refractivity contribution >= 4 is 23.6 Å². The highest BCUT2D eigenvalue weighted by Gasteiger charge is 2.37. The Balaban J connectivity index is 2.03. The molecule has 0 aliphatic carbocycles. The molecule has 9 nitrogen and oxygen atoms in total. The van der Waals surface area contributed by atoms with Gasteiger partial charge in [-0.05, 0) is 63.1 Å². The summed E-state index contributed by atoms with van der Waals surface area (Å²) in [6.45, 7) is 6.86. The molecule has 3 amide bonds. The number of aromatic hydroxyl groups is 2. The Hall–Kier alpha value is -4.97. The van der Waals surface area contributed by atoms with Crippen LogP contribution in [0, 0.1) is 19.4 Å². The number of phenols is 2. The molecule has 4 N–H and O–H groups in total. The Morgan fingerprint density at radius 2 is 1.60 bits per heavy atom. The van der Waals surface area contributed by atoms with Crippen LogP contribution in [0.25, 0.3) is 0 Å². The highest BCUT2D eigenvalue weighted by atomic mass is 16.6. The zero-order valence-corrected chi connectivity index (χ0v) is 22.8. The fourth-order valence-electron chi connectivity index (χ4n) is 3.98. The molecule has 2 unspecified atom stereocenters. The average Bonchev–Trinajstić information content (AvgIpc) is 2.88. The molecule has 208 valence electrons. The van der Waals surface area contributed by atoms with Crippen molar-refractivity contribution in [3.63, 3.8) is 0 Å². The lowest BCUT2D eigenvalue weighted by molar-refractivity contribution is -0.136. The molecule has 9 heteroatoms. The number of benzene rings is 3. The number of carbonyl (C=O) groups is 3. The Labute approximate surface area is 233 Å².